The molecule has 7 heteroatoms. The van der Waals surface area contributed by atoms with Gasteiger partial charge in [0.15, 0.2) is 0 Å². The van der Waals surface area contributed by atoms with Crippen molar-refractivity contribution in [3.05, 3.63) is 28.8 Å². The molecule has 5 nitrogen and oxygen atoms in total. The molecule has 1 atom stereocenters. The Labute approximate surface area is 121 Å². The molecule has 0 aromatic heterocycles. The van der Waals surface area contributed by atoms with E-state index in [0.717, 1.165) is 0 Å². The Hall–Kier alpha value is -1.40. The number of ether oxygens (including phenoxy) is 1. The Balaban J connectivity index is 2.93. The fourth-order valence-corrected chi connectivity index (χ4v) is 1.91. The second-order valence-electron chi connectivity index (χ2n) is 3.72. The molecule has 0 aliphatic heterocycles. The van der Waals surface area contributed by atoms with Crippen molar-refractivity contribution >= 4 is 36.1 Å². The molecule has 1 aromatic rings. The van der Waals surface area contributed by atoms with Crippen molar-refractivity contribution in [2.24, 2.45) is 0 Å². The molecule has 0 bridgehead atoms. The van der Waals surface area contributed by atoms with Crippen LogP contribution < -0.4 is 10.1 Å². The Morgan fingerprint density at radius 1 is 1.53 bits per heavy atom. The lowest BCUT2D eigenvalue weighted by Crippen LogP contribution is -2.41. The molecule has 0 spiro atoms. The highest BCUT2D eigenvalue weighted by molar-refractivity contribution is 7.80. The summed E-state index contributed by atoms with van der Waals surface area (Å²) in [7, 11) is 1.42. The summed E-state index contributed by atoms with van der Waals surface area (Å²) in [5.41, 5.74) is 0.195. The van der Waals surface area contributed by atoms with E-state index < -0.39 is 17.9 Å². The van der Waals surface area contributed by atoms with E-state index >= 15 is 0 Å². The minimum atomic E-state index is -1.11. The van der Waals surface area contributed by atoms with Crippen molar-refractivity contribution in [1.29, 1.82) is 0 Å². The van der Waals surface area contributed by atoms with Crippen LogP contribution in [0.1, 0.15) is 16.8 Å². The van der Waals surface area contributed by atoms with Crippen molar-refractivity contribution in [3.63, 3.8) is 0 Å². The van der Waals surface area contributed by atoms with Crippen molar-refractivity contribution in [2.45, 2.75) is 12.5 Å². The van der Waals surface area contributed by atoms with E-state index in [4.69, 9.17) is 21.4 Å². The van der Waals surface area contributed by atoms with Crippen LogP contribution in [-0.2, 0) is 4.79 Å². The summed E-state index contributed by atoms with van der Waals surface area (Å²) in [4.78, 5) is 23.0. The summed E-state index contributed by atoms with van der Waals surface area (Å²) in [5, 5.41) is 11.8. The predicted molar refractivity (Wildman–Crippen MR) is 75.4 cm³/mol. The van der Waals surface area contributed by atoms with Gasteiger partial charge in [-0.25, -0.2) is 4.79 Å². The van der Waals surface area contributed by atoms with E-state index in [2.05, 4.69) is 17.9 Å². The maximum atomic E-state index is 12.0. The van der Waals surface area contributed by atoms with Gasteiger partial charge in [-0.1, -0.05) is 11.6 Å². The maximum Gasteiger partial charge on any atom is 0.326 e. The molecule has 0 saturated heterocycles. The third kappa shape index (κ3) is 4.33. The number of carbonyl (C=O) groups excluding carboxylic acids is 1. The number of thiol groups is 1. The molecule has 0 heterocycles. The maximum absolute atomic E-state index is 12.0. The van der Waals surface area contributed by atoms with Crippen molar-refractivity contribution in [2.75, 3.05) is 12.9 Å². The standard InChI is InChI=1S/C12H14ClNO4S/c1-18-10-3-2-7(13)6-8(10)11(15)14-9(4-5-19)12(16)17/h2-3,6,9,19H,4-5H2,1H3,(H,14,15)(H,16,17). The highest BCUT2D eigenvalue weighted by atomic mass is 35.5. The van der Waals surface area contributed by atoms with E-state index in [9.17, 15) is 9.59 Å². The van der Waals surface area contributed by atoms with Gasteiger partial charge in [0.2, 0.25) is 0 Å². The van der Waals surface area contributed by atoms with Gasteiger partial charge < -0.3 is 15.2 Å². The number of benzene rings is 1. The monoisotopic (exact) mass is 303 g/mol. The predicted octanol–water partition coefficient (Wildman–Crippen LogP) is 1.85. The average molecular weight is 304 g/mol. The van der Waals surface area contributed by atoms with Gasteiger partial charge >= 0.3 is 5.97 Å². The lowest BCUT2D eigenvalue weighted by molar-refractivity contribution is -0.139. The van der Waals surface area contributed by atoms with Crippen LogP contribution in [0.3, 0.4) is 0 Å². The number of carboxylic acid groups (broad SMARTS) is 1. The molecule has 2 N–H and O–H groups in total. The smallest absolute Gasteiger partial charge is 0.326 e. The first-order valence-electron chi connectivity index (χ1n) is 5.47. The summed E-state index contributed by atoms with van der Waals surface area (Å²) >= 11 is 9.77. The second kappa shape index (κ2) is 7.25. The first kappa shape index (κ1) is 15.7. The van der Waals surface area contributed by atoms with Crippen LogP contribution >= 0.6 is 24.2 Å². The van der Waals surface area contributed by atoms with Crippen LogP contribution in [0.2, 0.25) is 5.02 Å². The number of aliphatic carboxylic acids is 1. The van der Waals surface area contributed by atoms with Gasteiger partial charge in [0.05, 0.1) is 12.7 Å². The molecule has 19 heavy (non-hydrogen) atoms. The molecule has 1 amide bonds. The number of hydrogen-bond donors (Lipinski definition) is 3. The van der Waals surface area contributed by atoms with E-state index in [-0.39, 0.29) is 12.0 Å². The zero-order valence-corrected chi connectivity index (χ0v) is 11.9. The van der Waals surface area contributed by atoms with Gasteiger partial charge in [-0.15, -0.1) is 0 Å². The van der Waals surface area contributed by atoms with Crippen LogP contribution in [0.25, 0.3) is 0 Å². The molecule has 104 valence electrons. The Morgan fingerprint density at radius 3 is 2.74 bits per heavy atom. The molecule has 0 aliphatic rings. The van der Waals surface area contributed by atoms with Crippen LogP contribution in [0.4, 0.5) is 0 Å². The summed E-state index contributed by atoms with van der Waals surface area (Å²) in [6.45, 7) is 0. The average Bonchev–Trinajstić information content (AvgIpc) is 2.37. The van der Waals surface area contributed by atoms with Gasteiger partial charge in [0.25, 0.3) is 5.91 Å². The lowest BCUT2D eigenvalue weighted by Gasteiger charge is -2.15. The van der Waals surface area contributed by atoms with Crippen LogP contribution in [0, 0.1) is 0 Å². The quantitative estimate of drug-likeness (QED) is 0.701. The van der Waals surface area contributed by atoms with Crippen LogP contribution in [-0.4, -0.2) is 35.9 Å². The third-order valence-corrected chi connectivity index (χ3v) is 2.92. The van der Waals surface area contributed by atoms with Crippen molar-refractivity contribution in [3.8, 4) is 5.75 Å². The first-order valence-corrected chi connectivity index (χ1v) is 6.48. The summed E-state index contributed by atoms with van der Waals surface area (Å²) in [6, 6.07) is 3.56. The molecule has 1 aromatic carbocycles. The van der Waals surface area contributed by atoms with Crippen LogP contribution in [0.5, 0.6) is 5.75 Å². The minimum absolute atomic E-state index is 0.195. The molecule has 1 unspecified atom stereocenters. The van der Waals surface area contributed by atoms with Gasteiger partial charge in [-0.3, -0.25) is 4.79 Å². The number of carbonyl (C=O) groups is 2. The Kier molecular flexibility index (Phi) is 5.98. The third-order valence-electron chi connectivity index (χ3n) is 2.43. The van der Waals surface area contributed by atoms with Gasteiger partial charge in [-0.2, -0.15) is 12.6 Å². The highest BCUT2D eigenvalue weighted by Crippen LogP contribution is 2.22. The first-order chi connectivity index (χ1) is 8.99. The summed E-state index contributed by atoms with van der Waals surface area (Å²) in [6.07, 6.45) is 0.229. The number of carboxylic acids is 1. The molecule has 0 fully saturated rings. The summed E-state index contributed by atoms with van der Waals surface area (Å²) < 4.78 is 5.04. The Morgan fingerprint density at radius 2 is 2.21 bits per heavy atom. The normalized spacial score (nSPS) is 11.7. The second-order valence-corrected chi connectivity index (χ2v) is 4.60. The molecule has 0 aliphatic carbocycles. The number of hydrogen-bond acceptors (Lipinski definition) is 4. The topological polar surface area (TPSA) is 75.6 Å². The van der Waals surface area contributed by atoms with Crippen molar-refractivity contribution < 1.29 is 19.4 Å². The SMILES string of the molecule is COc1ccc(Cl)cc1C(=O)NC(CCS)C(=O)O. The zero-order valence-electron chi connectivity index (χ0n) is 10.2. The fraction of sp³-hybridized carbons (Fsp3) is 0.333. The zero-order chi connectivity index (χ0) is 14.4. The summed E-state index contributed by atoms with van der Waals surface area (Å²) in [5.74, 6) is -0.974. The minimum Gasteiger partial charge on any atom is -0.496 e. The Bertz CT molecular complexity index is 481. The van der Waals surface area contributed by atoms with E-state index in [1.54, 1.807) is 12.1 Å². The fourth-order valence-electron chi connectivity index (χ4n) is 1.48. The number of rotatable bonds is 6. The number of nitrogens with one attached hydrogen (secondary N) is 1. The van der Waals surface area contributed by atoms with Gasteiger partial charge in [-0.05, 0) is 30.4 Å². The molecule has 0 saturated carbocycles. The highest BCUT2D eigenvalue weighted by Gasteiger charge is 2.21. The number of methoxy groups -OCH3 is 1. The van der Waals surface area contributed by atoms with Crippen molar-refractivity contribution in [1.82, 2.24) is 5.32 Å². The van der Waals surface area contributed by atoms with Crippen LogP contribution in [0.15, 0.2) is 18.2 Å². The molecule has 1 rings (SSSR count). The van der Waals surface area contributed by atoms with E-state index in [0.29, 0.717) is 16.5 Å². The van der Waals surface area contributed by atoms with E-state index in [1.165, 1.54) is 13.2 Å². The molecular formula is C12H14ClNO4S. The number of amides is 1. The molecular weight excluding hydrogens is 290 g/mol. The largest absolute Gasteiger partial charge is 0.496 e. The van der Waals surface area contributed by atoms with Gasteiger partial charge in [0, 0.05) is 5.02 Å². The van der Waals surface area contributed by atoms with E-state index in [1.807, 2.05) is 0 Å². The van der Waals surface area contributed by atoms with Gasteiger partial charge in [0.1, 0.15) is 11.8 Å². The lowest BCUT2D eigenvalue weighted by atomic mass is 10.1. The molecule has 0 radical (unpaired) electrons. The number of halogens is 1.